The quantitative estimate of drug-likeness (QED) is 0.914. The molecule has 0 aromatic heterocycles. The maximum Gasteiger partial charge on any atom is 0.237 e. The van der Waals surface area contributed by atoms with Crippen LogP contribution in [-0.2, 0) is 15.8 Å². The first-order valence-electron chi connectivity index (χ1n) is 5.78. The summed E-state index contributed by atoms with van der Waals surface area (Å²) in [5.41, 5.74) is 1.19. The molecule has 0 aliphatic rings. The zero-order chi connectivity index (χ0) is 13.7. The molecule has 1 N–H and O–H groups in total. The van der Waals surface area contributed by atoms with Crippen LogP contribution >= 0.6 is 0 Å². The molecule has 0 bridgehead atoms. The third-order valence-electron chi connectivity index (χ3n) is 2.57. The van der Waals surface area contributed by atoms with E-state index in [0.717, 1.165) is 5.56 Å². The molecule has 19 heavy (non-hydrogen) atoms. The van der Waals surface area contributed by atoms with E-state index < -0.39 is 10.0 Å². The van der Waals surface area contributed by atoms with E-state index in [-0.39, 0.29) is 5.75 Å². The number of sulfonamides is 1. The minimum Gasteiger partial charge on any atom is -0.495 e. The van der Waals surface area contributed by atoms with Crippen LogP contribution in [0, 0.1) is 0 Å². The van der Waals surface area contributed by atoms with Crippen molar-refractivity contribution in [1.82, 2.24) is 0 Å². The molecule has 0 spiro atoms. The Morgan fingerprint density at radius 1 is 1.00 bits per heavy atom. The topological polar surface area (TPSA) is 55.4 Å². The second kappa shape index (κ2) is 5.75. The van der Waals surface area contributed by atoms with Crippen LogP contribution in [0.25, 0.3) is 0 Å². The number of hydrogen-bond donors (Lipinski definition) is 1. The Hall–Kier alpha value is -2.01. The van der Waals surface area contributed by atoms with Gasteiger partial charge in [0.05, 0.1) is 18.6 Å². The lowest BCUT2D eigenvalue weighted by Gasteiger charge is -2.11. The van der Waals surface area contributed by atoms with Gasteiger partial charge in [-0.05, 0) is 17.7 Å². The molecule has 0 radical (unpaired) electrons. The molecule has 0 aliphatic carbocycles. The van der Waals surface area contributed by atoms with Crippen molar-refractivity contribution in [2.45, 2.75) is 5.75 Å². The van der Waals surface area contributed by atoms with Gasteiger partial charge in [0, 0.05) is 0 Å². The van der Waals surface area contributed by atoms with Gasteiger partial charge < -0.3 is 4.74 Å². The lowest BCUT2D eigenvalue weighted by Crippen LogP contribution is -2.15. The van der Waals surface area contributed by atoms with Crippen molar-refractivity contribution < 1.29 is 13.2 Å². The molecule has 0 saturated heterocycles. The van der Waals surface area contributed by atoms with E-state index in [1.54, 1.807) is 36.4 Å². The van der Waals surface area contributed by atoms with E-state index in [2.05, 4.69) is 4.72 Å². The number of para-hydroxylation sites is 2. The maximum atomic E-state index is 12.1. The van der Waals surface area contributed by atoms with Gasteiger partial charge in [-0.1, -0.05) is 42.5 Å². The molecule has 0 aliphatic heterocycles. The summed E-state index contributed by atoms with van der Waals surface area (Å²) in [6, 6.07) is 16.0. The summed E-state index contributed by atoms with van der Waals surface area (Å²) in [6.07, 6.45) is 0. The fourth-order valence-electron chi connectivity index (χ4n) is 1.73. The Bertz CT molecular complexity index is 639. The first-order valence-corrected chi connectivity index (χ1v) is 7.43. The van der Waals surface area contributed by atoms with Crippen LogP contribution in [0.3, 0.4) is 0 Å². The number of methoxy groups -OCH3 is 1. The zero-order valence-corrected chi connectivity index (χ0v) is 11.4. The summed E-state index contributed by atoms with van der Waals surface area (Å²) in [7, 11) is -1.95. The normalized spacial score (nSPS) is 11.0. The Morgan fingerprint density at radius 2 is 1.63 bits per heavy atom. The molecule has 0 heterocycles. The van der Waals surface area contributed by atoms with Crippen LogP contribution in [-0.4, -0.2) is 15.5 Å². The predicted molar refractivity (Wildman–Crippen MR) is 75.7 cm³/mol. The second-order valence-electron chi connectivity index (χ2n) is 4.05. The van der Waals surface area contributed by atoms with Gasteiger partial charge in [-0.25, -0.2) is 8.42 Å². The second-order valence-corrected chi connectivity index (χ2v) is 5.77. The van der Waals surface area contributed by atoms with E-state index in [9.17, 15) is 8.42 Å². The van der Waals surface area contributed by atoms with Gasteiger partial charge >= 0.3 is 0 Å². The molecular weight excluding hydrogens is 262 g/mol. The average molecular weight is 277 g/mol. The van der Waals surface area contributed by atoms with Gasteiger partial charge in [-0.3, -0.25) is 4.72 Å². The molecule has 0 atom stereocenters. The highest BCUT2D eigenvalue weighted by atomic mass is 32.2. The lowest BCUT2D eigenvalue weighted by molar-refractivity contribution is 0.417. The van der Waals surface area contributed by atoms with Crippen molar-refractivity contribution in [3.63, 3.8) is 0 Å². The SMILES string of the molecule is COc1ccccc1NS(=O)(=O)Cc1ccccc1. The van der Waals surface area contributed by atoms with Crippen LogP contribution in [0.1, 0.15) is 5.56 Å². The first kappa shape index (κ1) is 13.4. The summed E-state index contributed by atoms with van der Waals surface area (Å²) >= 11 is 0. The van der Waals surface area contributed by atoms with Gasteiger partial charge in [0.1, 0.15) is 5.75 Å². The lowest BCUT2D eigenvalue weighted by atomic mass is 10.2. The highest BCUT2D eigenvalue weighted by Gasteiger charge is 2.13. The summed E-state index contributed by atoms with van der Waals surface area (Å²) in [5, 5.41) is 0. The first-order chi connectivity index (χ1) is 9.11. The standard InChI is InChI=1S/C14H15NO3S/c1-18-14-10-6-5-9-13(14)15-19(16,17)11-12-7-3-2-4-8-12/h2-10,15H,11H2,1H3. The van der Waals surface area contributed by atoms with Gasteiger partial charge in [-0.2, -0.15) is 0 Å². The van der Waals surface area contributed by atoms with E-state index in [1.807, 2.05) is 18.2 Å². The molecule has 4 nitrogen and oxygen atoms in total. The van der Waals surface area contributed by atoms with E-state index in [0.29, 0.717) is 11.4 Å². The van der Waals surface area contributed by atoms with Crippen LogP contribution in [0.5, 0.6) is 5.75 Å². The Morgan fingerprint density at radius 3 is 2.32 bits per heavy atom. The minimum absolute atomic E-state index is 0.0636. The summed E-state index contributed by atoms with van der Waals surface area (Å²) in [5.74, 6) is 0.436. The van der Waals surface area contributed by atoms with Crippen molar-refractivity contribution in [3.05, 3.63) is 60.2 Å². The van der Waals surface area contributed by atoms with Crippen molar-refractivity contribution in [2.24, 2.45) is 0 Å². The molecule has 2 aromatic carbocycles. The van der Waals surface area contributed by atoms with Gasteiger partial charge in [-0.15, -0.1) is 0 Å². The van der Waals surface area contributed by atoms with Gasteiger partial charge in [0.2, 0.25) is 10.0 Å². The van der Waals surface area contributed by atoms with E-state index in [1.165, 1.54) is 7.11 Å². The number of rotatable bonds is 5. The summed E-state index contributed by atoms with van der Waals surface area (Å²) < 4.78 is 31.8. The Labute approximate surface area is 113 Å². The van der Waals surface area contributed by atoms with Crippen LogP contribution in [0.2, 0.25) is 0 Å². The molecule has 0 fully saturated rings. The highest BCUT2D eigenvalue weighted by Crippen LogP contribution is 2.24. The molecule has 100 valence electrons. The summed E-state index contributed by atoms with van der Waals surface area (Å²) in [6.45, 7) is 0. The van der Waals surface area contributed by atoms with Gasteiger partial charge in [0.25, 0.3) is 0 Å². The number of benzene rings is 2. The smallest absolute Gasteiger partial charge is 0.237 e. The third-order valence-corrected chi connectivity index (χ3v) is 3.82. The van der Waals surface area contributed by atoms with E-state index in [4.69, 9.17) is 4.74 Å². The summed E-state index contributed by atoms with van der Waals surface area (Å²) in [4.78, 5) is 0. The van der Waals surface area contributed by atoms with Crippen molar-refractivity contribution in [3.8, 4) is 5.75 Å². The van der Waals surface area contributed by atoms with Gasteiger partial charge in [0.15, 0.2) is 0 Å². The van der Waals surface area contributed by atoms with Crippen molar-refractivity contribution in [1.29, 1.82) is 0 Å². The molecule has 0 saturated carbocycles. The van der Waals surface area contributed by atoms with E-state index >= 15 is 0 Å². The highest BCUT2D eigenvalue weighted by molar-refractivity contribution is 7.91. The van der Waals surface area contributed by atoms with Crippen molar-refractivity contribution >= 4 is 15.7 Å². The van der Waals surface area contributed by atoms with Crippen LogP contribution in [0.15, 0.2) is 54.6 Å². The largest absolute Gasteiger partial charge is 0.495 e. The van der Waals surface area contributed by atoms with Crippen LogP contribution < -0.4 is 9.46 Å². The fraction of sp³-hybridized carbons (Fsp3) is 0.143. The maximum absolute atomic E-state index is 12.1. The Balaban J connectivity index is 2.18. The average Bonchev–Trinajstić information content (AvgIpc) is 2.39. The number of hydrogen-bond acceptors (Lipinski definition) is 3. The number of nitrogens with one attached hydrogen (secondary N) is 1. The molecule has 2 rings (SSSR count). The fourth-order valence-corrected chi connectivity index (χ4v) is 2.93. The van der Waals surface area contributed by atoms with Crippen LogP contribution in [0.4, 0.5) is 5.69 Å². The number of ether oxygens (including phenoxy) is 1. The number of anilines is 1. The molecule has 0 amide bonds. The minimum atomic E-state index is -3.45. The predicted octanol–water partition coefficient (Wildman–Crippen LogP) is 2.64. The van der Waals surface area contributed by atoms with Crippen molar-refractivity contribution in [2.75, 3.05) is 11.8 Å². The third kappa shape index (κ3) is 3.72. The molecule has 0 unspecified atom stereocenters. The molecular formula is C14H15NO3S. The monoisotopic (exact) mass is 277 g/mol. The zero-order valence-electron chi connectivity index (χ0n) is 10.5. The Kier molecular flexibility index (Phi) is 4.06. The molecule has 2 aromatic rings. The molecule has 5 heteroatoms.